The second kappa shape index (κ2) is 8.19. The van der Waals surface area contributed by atoms with Crippen molar-refractivity contribution in [3.63, 3.8) is 0 Å². The predicted octanol–water partition coefficient (Wildman–Crippen LogP) is 4.34. The normalized spacial score (nSPS) is 18.1. The van der Waals surface area contributed by atoms with Gasteiger partial charge in [0.1, 0.15) is 6.04 Å². The zero-order valence-electron chi connectivity index (χ0n) is 17.5. The van der Waals surface area contributed by atoms with E-state index in [9.17, 15) is 14.4 Å². The molecular weight excluding hydrogens is 364 g/mol. The molecule has 0 saturated carbocycles. The largest absolute Gasteiger partial charge is 0.323 e. The third-order valence-corrected chi connectivity index (χ3v) is 5.14. The van der Waals surface area contributed by atoms with Gasteiger partial charge in [-0.3, -0.25) is 14.4 Å². The van der Waals surface area contributed by atoms with Crippen LogP contribution in [0, 0.1) is 5.41 Å². The SMILES string of the molecule is CC(c1ccccc1)N(C(=O)CC(C)(C)C)C1CC(=O)N(c2ccccc2)C1=O. The van der Waals surface area contributed by atoms with Crippen molar-refractivity contribution < 1.29 is 14.4 Å². The Labute approximate surface area is 172 Å². The van der Waals surface area contributed by atoms with Gasteiger partial charge in [-0.1, -0.05) is 69.3 Å². The van der Waals surface area contributed by atoms with E-state index in [-0.39, 0.29) is 35.6 Å². The lowest BCUT2D eigenvalue weighted by molar-refractivity contribution is -0.142. The lowest BCUT2D eigenvalue weighted by Crippen LogP contribution is -2.47. The van der Waals surface area contributed by atoms with Gasteiger partial charge in [-0.2, -0.15) is 0 Å². The number of para-hydroxylation sites is 1. The number of hydrogen-bond acceptors (Lipinski definition) is 3. The minimum absolute atomic E-state index is 0.000778. The molecule has 0 spiro atoms. The summed E-state index contributed by atoms with van der Waals surface area (Å²) in [6, 6.07) is 17.4. The summed E-state index contributed by atoms with van der Waals surface area (Å²) in [5.74, 6) is -0.735. The first-order valence-electron chi connectivity index (χ1n) is 9.97. The minimum Gasteiger partial charge on any atom is -0.323 e. The van der Waals surface area contributed by atoms with Crippen LogP contribution in [0.4, 0.5) is 5.69 Å². The van der Waals surface area contributed by atoms with Crippen LogP contribution >= 0.6 is 0 Å². The van der Waals surface area contributed by atoms with E-state index in [0.29, 0.717) is 12.1 Å². The Kier molecular flexibility index (Phi) is 5.87. The number of benzene rings is 2. The number of carbonyl (C=O) groups is 3. The molecule has 2 unspecified atom stereocenters. The van der Waals surface area contributed by atoms with Gasteiger partial charge in [0.2, 0.25) is 11.8 Å². The maximum atomic E-state index is 13.3. The average molecular weight is 392 g/mol. The molecule has 3 rings (SSSR count). The van der Waals surface area contributed by atoms with E-state index >= 15 is 0 Å². The first-order chi connectivity index (χ1) is 13.7. The summed E-state index contributed by atoms with van der Waals surface area (Å²) in [4.78, 5) is 42.1. The van der Waals surface area contributed by atoms with Crippen LogP contribution in [0.2, 0.25) is 0 Å². The summed E-state index contributed by atoms with van der Waals surface area (Å²) in [6.07, 6.45) is 0.300. The first-order valence-corrected chi connectivity index (χ1v) is 9.97. The number of anilines is 1. The van der Waals surface area contributed by atoms with Crippen molar-refractivity contribution in [3.8, 4) is 0 Å². The molecule has 0 bridgehead atoms. The zero-order valence-corrected chi connectivity index (χ0v) is 17.5. The van der Waals surface area contributed by atoms with E-state index in [4.69, 9.17) is 0 Å². The molecule has 0 N–H and O–H groups in total. The quantitative estimate of drug-likeness (QED) is 0.711. The Balaban J connectivity index is 1.96. The van der Waals surface area contributed by atoms with Gasteiger partial charge >= 0.3 is 0 Å². The predicted molar refractivity (Wildman–Crippen MR) is 113 cm³/mol. The summed E-state index contributed by atoms with van der Waals surface area (Å²) < 4.78 is 0. The third kappa shape index (κ3) is 4.56. The van der Waals surface area contributed by atoms with E-state index < -0.39 is 6.04 Å². The van der Waals surface area contributed by atoms with Gasteiger partial charge in [0.15, 0.2) is 0 Å². The molecule has 1 saturated heterocycles. The van der Waals surface area contributed by atoms with Crippen LogP contribution in [0.3, 0.4) is 0 Å². The van der Waals surface area contributed by atoms with Gasteiger partial charge in [0.25, 0.3) is 5.91 Å². The van der Waals surface area contributed by atoms with Crippen LogP contribution in [0.15, 0.2) is 60.7 Å². The van der Waals surface area contributed by atoms with Gasteiger partial charge in [0.05, 0.1) is 18.2 Å². The molecule has 1 aliphatic heterocycles. The van der Waals surface area contributed by atoms with Crippen molar-refractivity contribution in [2.24, 2.45) is 5.41 Å². The van der Waals surface area contributed by atoms with E-state index in [2.05, 4.69) is 0 Å². The van der Waals surface area contributed by atoms with Gasteiger partial charge in [-0.05, 0) is 30.0 Å². The molecule has 1 fully saturated rings. The number of nitrogens with zero attached hydrogens (tertiary/aromatic N) is 2. The number of imide groups is 1. The van der Waals surface area contributed by atoms with Crippen LogP contribution in [0.1, 0.15) is 52.1 Å². The second-order valence-electron chi connectivity index (χ2n) is 8.75. The van der Waals surface area contributed by atoms with Crippen LogP contribution in [0.5, 0.6) is 0 Å². The Morgan fingerprint density at radius 2 is 1.59 bits per heavy atom. The maximum Gasteiger partial charge on any atom is 0.257 e. The Morgan fingerprint density at radius 3 is 2.14 bits per heavy atom. The van der Waals surface area contributed by atoms with Crippen LogP contribution in [0.25, 0.3) is 0 Å². The first kappa shape index (κ1) is 20.8. The molecule has 5 nitrogen and oxygen atoms in total. The van der Waals surface area contributed by atoms with E-state index in [0.717, 1.165) is 5.56 Å². The molecule has 3 amide bonds. The van der Waals surface area contributed by atoms with Crippen LogP contribution in [-0.4, -0.2) is 28.7 Å². The highest BCUT2D eigenvalue weighted by atomic mass is 16.2. The summed E-state index contributed by atoms with van der Waals surface area (Å²) in [5, 5.41) is 0. The van der Waals surface area contributed by atoms with Gasteiger partial charge in [0, 0.05) is 6.42 Å². The molecule has 0 aromatic heterocycles. The topological polar surface area (TPSA) is 57.7 Å². The van der Waals surface area contributed by atoms with E-state index in [1.54, 1.807) is 29.2 Å². The van der Waals surface area contributed by atoms with Gasteiger partial charge in [-0.25, -0.2) is 4.90 Å². The smallest absolute Gasteiger partial charge is 0.257 e. The molecule has 29 heavy (non-hydrogen) atoms. The fourth-order valence-corrected chi connectivity index (χ4v) is 3.78. The monoisotopic (exact) mass is 392 g/mol. The van der Waals surface area contributed by atoms with Crippen molar-refractivity contribution in [2.75, 3.05) is 4.90 Å². The van der Waals surface area contributed by atoms with Crippen LogP contribution < -0.4 is 4.90 Å². The molecule has 2 aromatic carbocycles. The van der Waals surface area contributed by atoms with Crippen molar-refractivity contribution in [1.82, 2.24) is 4.90 Å². The number of rotatable bonds is 5. The van der Waals surface area contributed by atoms with E-state index in [1.165, 1.54) is 4.90 Å². The molecular formula is C24H28N2O3. The number of carbonyl (C=O) groups excluding carboxylic acids is 3. The molecule has 0 radical (unpaired) electrons. The molecule has 152 valence electrons. The highest BCUT2D eigenvalue weighted by Crippen LogP contribution is 2.33. The summed E-state index contributed by atoms with van der Waals surface area (Å²) in [5.41, 5.74) is 1.25. The van der Waals surface area contributed by atoms with Crippen molar-refractivity contribution in [1.29, 1.82) is 0 Å². The fourth-order valence-electron chi connectivity index (χ4n) is 3.78. The standard InChI is InChI=1S/C24H28N2O3/c1-17(18-11-7-5-8-12-18)25(22(28)16-24(2,3)4)20-15-21(27)26(23(20)29)19-13-9-6-10-14-19/h5-14,17,20H,15-16H2,1-4H3. The molecule has 2 aromatic rings. The molecule has 1 aliphatic rings. The molecule has 1 heterocycles. The van der Waals surface area contributed by atoms with Gasteiger partial charge < -0.3 is 4.90 Å². The average Bonchev–Trinajstić information content (AvgIpc) is 2.96. The third-order valence-electron chi connectivity index (χ3n) is 5.14. The van der Waals surface area contributed by atoms with Crippen LogP contribution in [-0.2, 0) is 14.4 Å². The number of hydrogen-bond donors (Lipinski definition) is 0. The summed E-state index contributed by atoms with van der Waals surface area (Å²) in [6.45, 7) is 7.90. The Bertz CT molecular complexity index is 887. The highest BCUT2D eigenvalue weighted by molar-refractivity contribution is 6.23. The maximum absolute atomic E-state index is 13.3. The second-order valence-corrected chi connectivity index (χ2v) is 8.75. The number of amides is 3. The zero-order chi connectivity index (χ0) is 21.2. The van der Waals surface area contributed by atoms with Crippen molar-refractivity contribution in [2.45, 2.75) is 52.6 Å². The highest BCUT2D eigenvalue weighted by Gasteiger charge is 2.46. The van der Waals surface area contributed by atoms with Crippen molar-refractivity contribution >= 4 is 23.4 Å². The molecule has 5 heteroatoms. The Morgan fingerprint density at radius 1 is 1.03 bits per heavy atom. The lowest BCUT2D eigenvalue weighted by atomic mass is 9.90. The molecule has 0 aliphatic carbocycles. The lowest BCUT2D eigenvalue weighted by Gasteiger charge is -2.35. The summed E-state index contributed by atoms with van der Waals surface area (Å²) in [7, 11) is 0. The van der Waals surface area contributed by atoms with Crippen molar-refractivity contribution in [3.05, 3.63) is 66.2 Å². The minimum atomic E-state index is -0.798. The summed E-state index contributed by atoms with van der Waals surface area (Å²) >= 11 is 0. The van der Waals surface area contributed by atoms with Gasteiger partial charge in [-0.15, -0.1) is 0 Å². The fraction of sp³-hybridized carbons (Fsp3) is 0.375. The molecule has 2 atom stereocenters. The Hall–Kier alpha value is -2.95. The van der Waals surface area contributed by atoms with E-state index in [1.807, 2.05) is 64.1 Å².